The molecule has 0 radical (unpaired) electrons. The maximum absolute atomic E-state index is 12.4. The van der Waals surface area contributed by atoms with Gasteiger partial charge in [0.15, 0.2) is 0 Å². The molecule has 0 bridgehead atoms. The van der Waals surface area contributed by atoms with E-state index in [-0.39, 0.29) is 11.6 Å². The van der Waals surface area contributed by atoms with Gasteiger partial charge < -0.3 is 4.57 Å². The lowest BCUT2D eigenvalue weighted by molar-refractivity contribution is -0.384. The van der Waals surface area contributed by atoms with Crippen LogP contribution in [0.1, 0.15) is 43.0 Å². The number of hydrazone groups is 1. The van der Waals surface area contributed by atoms with Gasteiger partial charge in [0.25, 0.3) is 5.69 Å². The van der Waals surface area contributed by atoms with E-state index in [1.807, 2.05) is 6.07 Å². The van der Waals surface area contributed by atoms with Crippen molar-refractivity contribution in [3.8, 4) is 0 Å². The number of nitrogens with zero attached hydrogens (tertiary/aromatic N) is 3. The number of carbonyl (C=O) groups is 1. The van der Waals surface area contributed by atoms with Crippen LogP contribution in [0, 0.1) is 10.1 Å². The maximum Gasteiger partial charge on any atom is 0.269 e. The highest BCUT2D eigenvalue weighted by molar-refractivity contribution is 5.99. The van der Waals surface area contributed by atoms with Gasteiger partial charge in [-0.2, -0.15) is 5.10 Å². The number of carbonyl (C=O) groups excluding carboxylic acids is 1. The molecule has 1 N–H and O–H groups in total. The fourth-order valence-corrected chi connectivity index (χ4v) is 4.15. The van der Waals surface area contributed by atoms with E-state index in [0.29, 0.717) is 18.7 Å². The van der Waals surface area contributed by atoms with Crippen molar-refractivity contribution in [3.05, 3.63) is 75.5 Å². The van der Waals surface area contributed by atoms with Crippen LogP contribution in [0.3, 0.4) is 0 Å². The number of aromatic nitrogens is 1. The number of rotatable bonds is 6. The summed E-state index contributed by atoms with van der Waals surface area (Å²) >= 11 is 0. The normalized spacial score (nSPS) is 13.8. The Morgan fingerprint density at radius 2 is 1.87 bits per heavy atom. The van der Waals surface area contributed by atoms with Gasteiger partial charge in [0, 0.05) is 41.7 Å². The summed E-state index contributed by atoms with van der Waals surface area (Å²) in [6, 6.07) is 14.5. The van der Waals surface area contributed by atoms with Crippen LogP contribution in [0.2, 0.25) is 0 Å². The molecule has 30 heavy (non-hydrogen) atoms. The summed E-state index contributed by atoms with van der Waals surface area (Å²) in [5, 5.41) is 16.2. The molecule has 0 saturated carbocycles. The zero-order valence-electron chi connectivity index (χ0n) is 16.9. The third kappa shape index (κ3) is 3.96. The number of hydrogen-bond acceptors (Lipinski definition) is 4. The topological polar surface area (TPSA) is 89.5 Å². The second-order valence-electron chi connectivity index (χ2n) is 7.59. The van der Waals surface area contributed by atoms with Gasteiger partial charge in [0.2, 0.25) is 5.91 Å². The van der Waals surface area contributed by atoms with Crippen molar-refractivity contribution in [2.24, 2.45) is 5.10 Å². The van der Waals surface area contributed by atoms with Crippen LogP contribution in [-0.2, 0) is 24.2 Å². The summed E-state index contributed by atoms with van der Waals surface area (Å²) in [6.07, 6.45) is 4.91. The average molecular weight is 404 g/mol. The van der Waals surface area contributed by atoms with Gasteiger partial charge in [-0.1, -0.05) is 18.2 Å². The first-order chi connectivity index (χ1) is 14.5. The molecule has 0 fully saturated rings. The van der Waals surface area contributed by atoms with Crippen LogP contribution < -0.4 is 5.43 Å². The van der Waals surface area contributed by atoms with Crippen molar-refractivity contribution in [3.63, 3.8) is 0 Å². The highest BCUT2D eigenvalue weighted by Gasteiger charge is 2.19. The Kier molecular flexibility index (Phi) is 5.61. The molecule has 0 saturated heterocycles. The molecule has 1 heterocycles. The van der Waals surface area contributed by atoms with Crippen LogP contribution in [0.15, 0.2) is 53.6 Å². The standard InChI is InChI=1S/C23H24N4O3/c1-16(17-10-12-18(13-11-17)27(29)30)24-25-23(28)14-15-26-21-8-4-2-6-19(21)20-7-3-5-9-22(20)26/h2,4,6,8,10-13H,3,5,7,9,14-15H2,1H3,(H,25,28)/b24-16-. The average Bonchev–Trinajstić information content (AvgIpc) is 3.10. The molecule has 0 spiro atoms. The predicted octanol–water partition coefficient (Wildman–Crippen LogP) is 4.36. The molecule has 4 rings (SSSR count). The molecule has 1 aromatic heterocycles. The molecule has 0 atom stereocenters. The summed E-state index contributed by atoms with van der Waals surface area (Å²) in [6.45, 7) is 2.38. The largest absolute Gasteiger partial charge is 0.344 e. The van der Waals surface area contributed by atoms with E-state index < -0.39 is 4.92 Å². The minimum atomic E-state index is -0.443. The van der Waals surface area contributed by atoms with Crippen LogP contribution in [0.4, 0.5) is 5.69 Å². The molecule has 1 aliphatic rings. The zero-order chi connectivity index (χ0) is 21.1. The molecule has 7 heteroatoms. The number of fused-ring (bicyclic) bond motifs is 3. The quantitative estimate of drug-likeness (QED) is 0.376. The highest BCUT2D eigenvalue weighted by atomic mass is 16.6. The highest BCUT2D eigenvalue weighted by Crippen LogP contribution is 2.32. The lowest BCUT2D eigenvalue weighted by Gasteiger charge is -2.15. The Morgan fingerprint density at radius 3 is 2.63 bits per heavy atom. The van der Waals surface area contributed by atoms with E-state index in [0.717, 1.165) is 18.4 Å². The minimum absolute atomic E-state index is 0.0258. The van der Waals surface area contributed by atoms with Crippen LogP contribution in [-0.4, -0.2) is 21.1 Å². The number of aryl methyl sites for hydroxylation is 2. The number of hydrogen-bond donors (Lipinski definition) is 1. The summed E-state index contributed by atoms with van der Waals surface area (Å²) in [5.41, 5.74) is 7.96. The van der Waals surface area contributed by atoms with Gasteiger partial charge in [-0.25, -0.2) is 5.43 Å². The lowest BCUT2D eigenvalue weighted by Crippen LogP contribution is -2.21. The Hall–Kier alpha value is -3.48. The first-order valence-electron chi connectivity index (χ1n) is 10.2. The Balaban J connectivity index is 1.43. The smallest absolute Gasteiger partial charge is 0.269 e. The Morgan fingerprint density at radius 1 is 1.13 bits per heavy atom. The number of benzene rings is 2. The summed E-state index contributed by atoms with van der Waals surface area (Å²) < 4.78 is 2.29. The van der Waals surface area contributed by atoms with Crippen molar-refractivity contribution >= 4 is 28.2 Å². The first kappa shape index (κ1) is 19.8. The molecule has 1 amide bonds. The summed E-state index contributed by atoms with van der Waals surface area (Å²) in [5.74, 6) is -0.154. The molecular weight excluding hydrogens is 380 g/mol. The number of non-ortho nitro benzene ring substituents is 1. The third-order valence-electron chi connectivity index (χ3n) is 5.69. The second kappa shape index (κ2) is 8.49. The van der Waals surface area contributed by atoms with Crippen molar-refractivity contribution in [1.29, 1.82) is 0 Å². The van der Waals surface area contributed by atoms with Crippen molar-refractivity contribution in [2.75, 3.05) is 0 Å². The lowest BCUT2D eigenvalue weighted by atomic mass is 9.95. The molecule has 2 aromatic carbocycles. The van der Waals surface area contributed by atoms with Crippen LogP contribution in [0.5, 0.6) is 0 Å². The molecule has 0 unspecified atom stereocenters. The van der Waals surface area contributed by atoms with Crippen molar-refractivity contribution in [2.45, 2.75) is 45.6 Å². The SMILES string of the molecule is C/C(=N/NC(=O)CCn1c2c(c3ccccc31)CCCC2)c1ccc([N+](=O)[O-])cc1. The van der Waals surface area contributed by atoms with Gasteiger partial charge in [-0.15, -0.1) is 0 Å². The maximum atomic E-state index is 12.4. The molecule has 154 valence electrons. The van der Waals surface area contributed by atoms with Crippen molar-refractivity contribution in [1.82, 2.24) is 9.99 Å². The van der Waals surface area contributed by atoms with Gasteiger partial charge in [-0.3, -0.25) is 14.9 Å². The molecule has 7 nitrogen and oxygen atoms in total. The van der Waals surface area contributed by atoms with E-state index in [1.54, 1.807) is 19.1 Å². The molecule has 1 aliphatic carbocycles. The third-order valence-corrected chi connectivity index (χ3v) is 5.69. The van der Waals surface area contributed by atoms with Gasteiger partial charge in [0.1, 0.15) is 0 Å². The van der Waals surface area contributed by atoms with Gasteiger partial charge in [0.05, 0.1) is 10.6 Å². The van der Waals surface area contributed by atoms with E-state index in [9.17, 15) is 14.9 Å². The Bertz CT molecular complexity index is 1130. The number of nitro benzene ring substituents is 1. The van der Waals surface area contributed by atoms with E-state index in [1.165, 1.54) is 47.1 Å². The second-order valence-corrected chi connectivity index (χ2v) is 7.59. The monoisotopic (exact) mass is 404 g/mol. The minimum Gasteiger partial charge on any atom is -0.344 e. The summed E-state index contributed by atoms with van der Waals surface area (Å²) in [4.78, 5) is 22.7. The number of amides is 1. The number of para-hydroxylation sites is 1. The van der Waals surface area contributed by atoms with Gasteiger partial charge >= 0.3 is 0 Å². The van der Waals surface area contributed by atoms with Crippen LogP contribution in [0.25, 0.3) is 10.9 Å². The molecule has 3 aromatic rings. The van der Waals surface area contributed by atoms with Gasteiger partial charge in [-0.05, 0) is 61.9 Å². The molecule has 0 aliphatic heterocycles. The van der Waals surface area contributed by atoms with E-state index in [4.69, 9.17) is 0 Å². The summed E-state index contributed by atoms with van der Waals surface area (Å²) in [7, 11) is 0. The van der Waals surface area contributed by atoms with Crippen molar-refractivity contribution < 1.29 is 9.72 Å². The van der Waals surface area contributed by atoms with E-state index >= 15 is 0 Å². The van der Waals surface area contributed by atoms with E-state index in [2.05, 4.69) is 33.3 Å². The predicted molar refractivity (Wildman–Crippen MR) is 117 cm³/mol. The molecular formula is C23H24N4O3. The van der Waals surface area contributed by atoms with Crippen LogP contribution >= 0.6 is 0 Å². The zero-order valence-corrected chi connectivity index (χ0v) is 16.9. The number of nitro groups is 1. The first-order valence-corrected chi connectivity index (χ1v) is 10.2. The fraction of sp³-hybridized carbons (Fsp3) is 0.304. The fourth-order valence-electron chi connectivity index (χ4n) is 4.15. The Labute approximate surface area is 174 Å². The number of nitrogens with one attached hydrogen (secondary N) is 1.